The van der Waals surface area contributed by atoms with E-state index < -0.39 is 0 Å². The minimum absolute atomic E-state index is 0.247. The molecule has 0 aliphatic rings. The van der Waals surface area contributed by atoms with Gasteiger partial charge in [0.15, 0.2) is 0 Å². The van der Waals surface area contributed by atoms with Crippen molar-refractivity contribution < 1.29 is 4.79 Å². The lowest BCUT2D eigenvalue weighted by molar-refractivity contribution is 0.0946. The van der Waals surface area contributed by atoms with Crippen LogP contribution in [0.15, 0.2) is 41.0 Å². The van der Waals surface area contributed by atoms with Crippen LogP contribution in [0.2, 0.25) is 0 Å². The Morgan fingerprint density at radius 3 is 2.95 bits per heavy atom. The molecule has 2 rings (SSSR count). The van der Waals surface area contributed by atoms with Gasteiger partial charge in [0.2, 0.25) is 0 Å². The Morgan fingerprint density at radius 2 is 2.20 bits per heavy atom. The number of carbonyl (C=O) groups is 1. The smallest absolute Gasteiger partial charge is 0.270 e. The lowest BCUT2D eigenvalue weighted by Gasteiger charge is -2.08. The quantitative estimate of drug-likeness (QED) is 0.941. The van der Waals surface area contributed by atoms with Crippen molar-refractivity contribution >= 4 is 21.8 Å². The number of hydrogen-bond acceptors (Lipinski definition) is 3. The molecule has 1 aromatic carbocycles. The monoisotopic (exact) mass is 329 g/mol. The van der Waals surface area contributed by atoms with E-state index in [1.807, 2.05) is 31.2 Å². The van der Waals surface area contributed by atoms with E-state index in [4.69, 9.17) is 5.26 Å². The van der Waals surface area contributed by atoms with E-state index in [9.17, 15) is 4.79 Å². The predicted molar refractivity (Wildman–Crippen MR) is 79.0 cm³/mol. The number of benzene rings is 1. The van der Waals surface area contributed by atoms with Crippen molar-refractivity contribution in [3.05, 3.63) is 63.4 Å². The molecule has 1 N–H and O–H groups in total. The normalized spacial score (nSPS) is 9.85. The van der Waals surface area contributed by atoms with Crippen molar-refractivity contribution in [2.45, 2.75) is 13.5 Å². The van der Waals surface area contributed by atoms with Crippen LogP contribution in [-0.4, -0.2) is 10.9 Å². The highest BCUT2D eigenvalue weighted by molar-refractivity contribution is 9.10. The number of halogens is 1. The Bertz CT molecular complexity index is 692. The van der Waals surface area contributed by atoms with Gasteiger partial charge in [-0.2, -0.15) is 5.26 Å². The second kappa shape index (κ2) is 6.31. The summed E-state index contributed by atoms with van der Waals surface area (Å²) in [6.07, 6.45) is 1.46. The van der Waals surface area contributed by atoms with E-state index in [2.05, 4.69) is 26.2 Å². The second-order valence-corrected chi connectivity index (χ2v) is 5.21. The number of hydrogen-bond donors (Lipinski definition) is 1. The molecule has 100 valence electrons. The molecule has 0 saturated carbocycles. The largest absolute Gasteiger partial charge is 0.347 e. The maximum Gasteiger partial charge on any atom is 0.270 e. The molecule has 2 aromatic rings. The van der Waals surface area contributed by atoms with Gasteiger partial charge in [-0.25, -0.2) is 0 Å². The standard InChI is InChI=1S/C15H12BrN3O/c1-10-2-3-13(16)7-12(10)9-19-15(20)14-6-11(8-17)4-5-18-14/h2-7H,9H2,1H3,(H,19,20). The summed E-state index contributed by atoms with van der Waals surface area (Å²) in [6, 6.07) is 10.9. The molecule has 4 nitrogen and oxygen atoms in total. The number of amides is 1. The third kappa shape index (κ3) is 3.43. The fourth-order valence-electron chi connectivity index (χ4n) is 1.72. The first kappa shape index (κ1) is 14.2. The average molecular weight is 330 g/mol. The first-order valence-corrected chi connectivity index (χ1v) is 6.79. The number of nitriles is 1. The van der Waals surface area contributed by atoms with Gasteiger partial charge >= 0.3 is 0 Å². The topological polar surface area (TPSA) is 65.8 Å². The molecule has 0 bridgehead atoms. The third-order valence-electron chi connectivity index (χ3n) is 2.87. The summed E-state index contributed by atoms with van der Waals surface area (Å²) in [7, 11) is 0. The Hall–Kier alpha value is -2.19. The van der Waals surface area contributed by atoms with Crippen molar-refractivity contribution in [3.63, 3.8) is 0 Å². The van der Waals surface area contributed by atoms with Gasteiger partial charge in [0.25, 0.3) is 5.91 Å². The molecule has 20 heavy (non-hydrogen) atoms. The molecule has 1 amide bonds. The van der Waals surface area contributed by atoms with E-state index in [0.29, 0.717) is 12.1 Å². The lowest BCUT2D eigenvalue weighted by Crippen LogP contribution is -2.24. The van der Waals surface area contributed by atoms with Crippen LogP contribution in [0, 0.1) is 18.3 Å². The predicted octanol–water partition coefficient (Wildman–Crippen LogP) is 2.95. The van der Waals surface area contributed by atoms with E-state index in [1.54, 1.807) is 6.07 Å². The van der Waals surface area contributed by atoms with Gasteiger partial charge in [0.1, 0.15) is 5.69 Å². The number of nitrogens with zero attached hydrogens (tertiary/aromatic N) is 2. The zero-order valence-electron chi connectivity index (χ0n) is 10.9. The number of aromatic nitrogens is 1. The summed E-state index contributed by atoms with van der Waals surface area (Å²) in [5.74, 6) is -0.290. The van der Waals surface area contributed by atoms with Crippen LogP contribution in [0.5, 0.6) is 0 Å². The highest BCUT2D eigenvalue weighted by Crippen LogP contribution is 2.15. The van der Waals surface area contributed by atoms with Crippen LogP contribution in [0.25, 0.3) is 0 Å². The first-order chi connectivity index (χ1) is 9.60. The highest BCUT2D eigenvalue weighted by Gasteiger charge is 2.08. The van der Waals surface area contributed by atoms with E-state index >= 15 is 0 Å². The molecular formula is C15H12BrN3O. The molecule has 1 heterocycles. The number of aryl methyl sites for hydroxylation is 1. The first-order valence-electron chi connectivity index (χ1n) is 5.99. The molecule has 0 aliphatic heterocycles. The number of nitrogens with one attached hydrogen (secondary N) is 1. The number of carbonyl (C=O) groups excluding carboxylic acids is 1. The SMILES string of the molecule is Cc1ccc(Br)cc1CNC(=O)c1cc(C#N)ccn1. The molecule has 5 heteroatoms. The van der Waals surface area contributed by atoms with Gasteiger partial charge in [0, 0.05) is 17.2 Å². The molecule has 0 atom stereocenters. The maximum absolute atomic E-state index is 12.0. The molecule has 0 radical (unpaired) electrons. The number of pyridine rings is 1. The minimum atomic E-state index is -0.290. The minimum Gasteiger partial charge on any atom is -0.347 e. The molecule has 0 fully saturated rings. The van der Waals surface area contributed by atoms with Crippen LogP contribution in [0.4, 0.5) is 0 Å². The fourth-order valence-corrected chi connectivity index (χ4v) is 2.13. The van der Waals surface area contributed by atoms with Crippen molar-refractivity contribution in [2.24, 2.45) is 0 Å². The van der Waals surface area contributed by atoms with Crippen LogP contribution in [0.3, 0.4) is 0 Å². The maximum atomic E-state index is 12.0. The van der Waals surface area contributed by atoms with Crippen molar-refractivity contribution in [1.82, 2.24) is 10.3 Å². The third-order valence-corrected chi connectivity index (χ3v) is 3.37. The second-order valence-electron chi connectivity index (χ2n) is 4.30. The van der Waals surface area contributed by atoms with Gasteiger partial charge < -0.3 is 5.32 Å². The molecule has 1 aromatic heterocycles. The zero-order chi connectivity index (χ0) is 14.5. The molecule has 0 aliphatic carbocycles. The van der Waals surface area contributed by atoms with Gasteiger partial charge in [-0.05, 0) is 42.3 Å². The highest BCUT2D eigenvalue weighted by atomic mass is 79.9. The Kier molecular flexibility index (Phi) is 4.49. The van der Waals surface area contributed by atoms with E-state index in [-0.39, 0.29) is 11.6 Å². The van der Waals surface area contributed by atoms with Gasteiger partial charge in [-0.1, -0.05) is 22.0 Å². The Balaban J connectivity index is 2.09. The van der Waals surface area contributed by atoms with Crippen LogP contribution in [-0.2, 0) is 6.54 Å². The van der Waals surface area contributed by atoms with Crippen LogP contribution in [0.1, 0.15) is 27.2 Å². The fraction of sp³-hybridized carbons (Fsp3) is 0.133. The van der Waals surface area contributed by atoms with Gasteiger partial charge in [-0.15, -0.1) is 0 Å². The average Bonchev–Trinajstić information content (AvgIpc) is 2.48. The summed E-state index contributed by atoms with van der Waals surface area (Å²) in [5, 5.41) is 11.6. The van der Waals surface area contributed by atoms with Crippen molar-refractivity contribution in [3.8, 4) is 6.07 Å². The summed E-state index contributed by atoms with van der Waals surface area (Å²) in [4.78, 5) is 16.0. The van der Waals surface area contributed by atoms with Crippen molar-refractivity contribution in [2.75, 3.05) is 0 Å². The summed E-state index contributed by atoms with van der Waals surface area (Å²) < 4.78 is 0.969. The molecule has 0 unspecified atom stereocenters. The summed E-state index contributed by atoms with van der Waals surface area (Å²) in [6.45, 7) is 2.41. The van der Waals surface area contributed by atoms with Crippen molar-refractivity contribution in [1.29, 1.82) is 5.26 Å². The molecule has 0 saturated heterocycles. The number of rotatable bonds is 3. The Morgan fingerprint density at radius 1 is 1.40 bits per heavy atom. The lowest BCUT2D eigenvalue weighted by atomic mass is 10.1. The molecular weight excluding hydrogens is 318 g/mol. The summed E-state index contributed by atoms with van der Waals surface area (Å²) in [5.41, 5.74) is 2.80. The van der Waals surface area contributed by atoms with E-state index in [1.165, 1.54) is 12.3 Å². The molecule has 0 spiro atoms. The van der Waals surface area contributed by atoms with Gasteiger partial charge in [-0.3, -0.25) is 9.78 Å². The van der Waals surface area contributed by atoms with Gasteiger partial charge in [0.05, 0.1) is 11.6 Å². The van der Waals surface area contributed by atoms with Crippen LogP contribution >= 0.6 is 15.9 Å². The van der Waals surface area contributed by atoms with E-state index in [0.717, 1.165) is 15.6 Å². The summed E-state index contributed by atoms with van der Waals surface area (Å²) >= 11 is 3.41. The van der Waals surface area contributed by atoms with Crippen LogP contribution < -0.4 is 5.32 Å². The zero-order valence-corrected chi connectivity index (χ0v) is 12.4. The Labute approximate surface area is 125 Å².